The summed E-state index contributed by atoms with van der Waals surface area (Å²) in [5.74, 6) is 0.154. The molecule has 0 aliphatic carbocycles. The van der Waals surface area contributed by atoms with Gasteiger partial charge in [0, 0.05) is 18.0 Å². The smallest absolute Gasteiger partial charge is 0.410 e. The van der Waals surface area contributed by atoms with Crippen molar-refractivity contribution in [1.82, 2.24) is 4.90 Å². The Hall–Kier alpha value is -0.770. The predicted octanol–water partition coefficient (Wildman–Crippen LogP) is 2.16. The molecule has 98 valence electrons. The molecule has 17 heavy (non-hydrogen) atoms. The highest BCUT2D eigenvalue weighted by Crippen LogP contribution is 2.39. The molecule has 2 fully saturated rings. The van der Waals surface area contributed by atoms with Crippen LogP contribution in [0.1, 0.15) is 47.0 Å². The first kappa shape index (κ1) is 12.7. The van der Waals surface area contributed by atoms with Crippen molar-refractivity contribution in [1.29, 1.82) is 0 Å². The van der Waals surface area contributed by atoms with E-state index in [4.69, 9.17) is 4.74 Å². The molecule has 1 N–H and O–H groups in total. The molecule has 0 aromatic carbocycles. The average Bonchev–Trinajstić information content (AvgIpc) is 2.51. The molecule has 0 aromatic heterocycles. The normalized spacial score (nSPS) is 37.1. The Labute approximate surface area is 103 Å². The summed E-state index contributed by atoms with van der Waals surface area (Å²) in [6, 6.07) is 0.319. The second-order valence-corrected chi connectivity index (χ2v) is 6.35. The number of hydrogen-bond acceptors (Lipinski definition) is 3. The van der Waals surface area contributed by atoms with Gasteiger partial charge < -0.3 is 14.7 Å². The topological polar surface area (TPSA) is 49.8 Å². The Bertz CT molecular complexity index is 310. The van der Waals surface area contributed by atoms with E-state index < -0.39 is 5.60 Å². The van der Waals surface area contributed by atoms with Crippen LogP contribution in [-0.2, 0) is 4.74 Å². The van der Waals surface area contributed by atoms with E-state index in [0.29, 0.717) is 6.42 Å². The SMILES string of the molecule is C[C@@H]1[C@H](O)C[C@H]2CC[C@@H]1N2C(=O)OC(C)(C)C. The Kier molecular flexibility index (Phi) is 3.10. The highest BCUT2D eigenvalue weighted by atomic mass is 16.6. The number of carbonyl (C=O) groups is 1. The van der Waals surface area contributed by atoms with E-state index in [0.717, 1.165) is 12.8 Å². The van der Waals surface area contributed by atoms with Crippen LogP contribution in [0.2, 0.25) is 0 Å². The van der Waals surface area contributed by atoms with Gasteiger partial charge in [0.25, 0.3) is 0 Å². The molecule has 2 aliphatic heterocycles. The Morgan fingerprint density at radius 2 is 2.00 bits per heavy atom. The zero-order valence-electron chi connectivity index (χ0n) is 11.1. The molecule has 4 heteroatoms. The summed E-state index contributed by atoms with van der Waals surface area (Å²) >= 11 is 0. The van der Waals surface area contributed by atoms with Crippen LogP contribution in [0.15, 0.2) is 0 Å². The van der Waals surface area contributed by atoms with Gasteiger partial charge in [0.15, 0.2) is 0 Å². The number of ether oxygens (including phenoxy) is 1. The maximum Gasteiger partial charge on any atom is 0.410 e. The van der Waals surface area contributed by atoms with Crippen LogP contribution in [0.25, 0.3) is 0 Å². The second-order valence-electron chi connectivity index (χ2n) is 6.35. The fraction of sp³-hybridized carbons (Fsp3) is 0.923. The lowest BCUT2D eigenvalue weighted by Gasteiger charge is -2.41. The van der Waals surface area contributed by atoms with Gasteiger partial charge in [-0.2, -0.15) is 0 Å². The lowest BCUT2D eigenvalue weighted by atomic mass is 9.89. The van der Waals surface area contributed by atoms with Crippen LogP contribution in [0, 0.1) is 5.92 Å². The molecular formula is C13H23NO3. The lowest BCUT2D eigenvalue weighted by Crippen LogP contribution is -2.53. The van der Waals surface area contributed by atoms with Crippen LogP contribution in [0.3, 0.4) is 0 Å². The first-order valence-corrected chi connectivity index (χ1v) is 6.49. The number of rotatable bonds is 0. The molecule has 4 atom stereocenters. The highest BCUT2D eigenvalue weighted by molar-refractivity contribution is 5.69. The van der Waals surface area contributed by atoms with Crippen molar-refractivity contribution >= 4 is 6.09 Å². The van der Waals surface area contributed by atoms with Crippen molar-refractivity contribution in [3.8, 4) is 0 Å². The van der Waals surface area contributed by atoms with Crippen molar-refractivity contribution in [2.75, 3.05) is 0 Å². The predicted molar refractivity (Wildman–Crippen MR) is 64.7 cm³/mol. The van der Waals surface area contributed by atoms with Gasteiger partial charge in [0.1, 0.15) is 5.60 Å². The van der Waals surface area contributed by atoms with Crippen molar-refractivity contribution < 1.29 is 14.6 Å². The minimum atomic E-state index is -0.449. The summed E-state index contributed by atoms with van der Waals surface area (Å²) in [5, 5.41) is 9.91. The van der Waals surface area contributed by atoms with Gasteiger partial charge in [-0.1, -0.05) is 6.92 Å². The van der Waals surface area contributed by atoms with Crippen LogP contribution in [-0.4, -0.2) is 39.9 Å². The van der Waals surface area contributed by atoms with Crippen LogP contribution in [0.4, 0.5) is 4.79 Å². The van der Waals surface area contributed by atoms with E-state index in [2.05, 4.69) is 0 Å². The molecule has 0 radical (unpaired) electrons. The van der Waals surface area contributed by atoms with E-state index in [1.807, 2.05) is 32.6 Å². The van der Waals surface area contributed by atoms with Gasteiger partial charge in [-0.05, 0) is 40.0 Å². The molecule has 0 unspecified atom stereocenters. The summed E-state index contributed by atoms with van der Waals surface area (Å²) in [6.45, 7) is 7.67. The summed E-state index contributed by atoms with van der Waals surface area (Å²) in [6.07, 6.45) is 2.18. The van der Waals surface area contributed by atoms with Gasteiger partial charge >= 0.3 is 6.09 Å². The highest BCUT2D eigenvalue weighted by Gasteiger charge is 2.48. The van der Waals surface area contributed by atoms with Gasteiger partial charge in [-0.3, -0.25) is 0 Å². The zero-order chi connectivity index (χ0) is 12.8. The molecule has 2 rings (SSSR count). The average molecular weight is 241 g/mol. The molecule has 2 heterocycles. The minimum Gasteiger partial charge on any atom is -0.444 e. The van der Waals surface area contributed by atoms with E-state index in [1.165, 1.54) is 0 Å². The molecule has 0 saturated carbocycles. The molecule has 2 saturated heterocycles. The second kappa shape index (κ2) is 4.16. The molecule has 0 aromatic rings. The third-order valence-electron chi connectivity index (χ3n) is 3.88. The van der Waals surface area contributed by atoms with Gasteiger partial charge in [-0.15, -0.1) is 0 Å². The summed E-state index contributed by atoms with van der Waals surface area (Å²) in [4.78, 5) is 14.0. The first-order chi connectivity index (χ1) is 7.79. The standard InChI is InChI=1S/C13H23NO3/c1-8-10-6-5-9(7-11(8)15)14(10)12(16)17-13(2,3)4/h8-11,15H,5-7H2,1-4H3/t8-,9+,10-,11+/m0/s1. The lowest BCUT2D eigenvalue weighted by molar-refractivity contribution is -0.0331. The van der Waals surface area contributed by atoms with E-state index in [-0.39, 0.29) is 30.2 Å². The number of carbonyl (C=O) groups excluding carboxylic acids is 1. The van der Waals surface area contributed by atoms with E-state index in [9.17, 15) is 9.90 Å². The Balaban J connectivity index is 2.10. The van der Waals surface area contributed by atoms with E-state index in [1.54, 1.807) is 0 Å². The summed E-state index contributed by atoms with van der Waals surface area (Å²) in [5.41, 5.74) is -0.449. The first-order valence-electron chi connectivity index (χ1n) is 6.49. The maximum atomic E-state index is 12.1. The number of aliphatic hydroxyl groups is 1. The molecule has 4 nitrogen and oxygen atoms in total. The van der Waals surface area contributed by atoms with E-state index >= 15 is 0 Å². The number of aliphatic hydroxyl groups excluding tert-OH is 1. The quantitative estimate of drug-likeness (QED) is 0.707. The zero-order valence-corrected chi connectivity index (χ0v) is 11.1. The van der Waals surface area contributed by atoms with Crippen molar-refractivity contribution in [2.24, 2.45) is 5.92 Å². The third kappa shape index (κ3) is 2.41. The summed E-state index contributed by atoms with van der Waals surface area (Å²) in [7, 11) is 0. The van der Waals surface area contributed by atoms with Crippen LogP contribution < -0.4 is 0 Å². The molecule has 1 amide bonds. The summed E-state index contributed by atoms with van der Waals surface area (Å²) < 4.78 is 5.45. The fourth-order valence-electron chi connectivity index (χ4n) is 3.01. The van der Waals surface area contributed by atoms with Gasteiger partial charge in [0.05, 0.1) is 6.10 Å². The minimum absolute atomic E-state index is 0.151. The molecule has 2 bridgehead atoms. The number of nitrogens with zero attached hydrogens (tertiary/aromatic N) is 1. The van der Waals surface area contributed by atoms with Crippen LogP contribution in [0.5, 0.6) is 0 Å². The Morgan fingerprint density at radius 3 is 2.59 bits per heavy atom. The molecular weight excluding hydrogens is 218 g/mol. The Morgan fingerprint density at radius 1 is 1.35 bits per heavy atom. The molecule has 0 spiro atoms. The van der Waals surface area contributed by atoms with Gasteiger partial charge in [-0.25, -0.2) is 4.79 Å². The molecule has 2 aliphatic rings. The number of piperidine rings is 1. The van der Waals surface area contributed by atoms with Gasteiger partial charge in [0.2, 0.25) is 0 Å². The monoisotopic (exact) mass is 241 g/mol. The largest absolute Gasteiger partial charge is 0.444 e. The van der Waals surface area contributed by atoms with Crippen molar-refractivity contribution in [3.05, 3.63) is 0 Å². The van der Waals surface area contributed by atoms with Crippen molar-refractivity contribution in [2.45, 2.75) is 70.7 Å². The fourth-order valence-corrected chi connectivity index (χ4v) is 3.01. The number of amides is 1. The third-order valence-corrected chi connectivity index (χ3v) is 3.88. The number of hydrogen-bond donors (Lipinski definition) is 1. The number of fused-ring (bicyclic) bond motifs is 2. The maximum absolute atomic E-state index is 12.1. The van der Waals surface area contributed by atoms with Crippen LogP contribution >= 0.6 is 0 Å². The van der Waals surface area contributed by atoms with Crippen molar-refractivity contribution in [3.63, 3.8) is 0 Å².